The molecule has 2 atom stereocenters. The Balaban J connectivity index is 0.00000190. The van der Waals surface area contributed by atoms with Gasteiger partial charge in [0, 0.05) is 31.1 Å². The normalized spacial score (nSPS) is 18.8. The number of anilines is 1. The summed E-state index contributed by atoms with van der Waals surface area (Å²) in [6, 6.07) is 3.06. The van der Waals surface area contributed by atoms with E-state index in [1.807, 2.05) is 27.7 Å². The molecule has 1 fully saturated rings. The van der Waals surface area contributed by atoms with Crippen LogP contribution in [0.2, 0.25) is 5.02 Å². The number of piperidine rings is 1. The van der Waals surface area contributed by atoms with Gasteiger partial charge in [0.25, 0.3) is 0 Å². The molecule has 0 bridgehead atoms. The molecule has 2 amide bonds. The largest absolute Gasteiger partial charge is 0.333 e. The van der Waals surface area contributed by atoms with Crippen LogP contribution in [0.4, 0.5) is 5.82 Å². The molecule has 8 heteroatoms. The van der Waals surface area contributed by atoms with Crippen molar-refractivity contribution in [3.05, 3.63) is 35.2 Å². The highest BCUT2D eigenvalue weighted by Crippen LogP contribution is 2.25. The Kier molecular flexibility index (Phi) is 11.1. The molecule has 1 aromatic rings. The molecule has 1 saturated heterocycles. The topological polar surface area (TPSA) is 86.7 Å². The van der Waals surface area contributed by atoms with Crippen molar-refractivity contribution in [3.8, 4) is 0 Å². The van der Waals surface area contributed by atoms with E-state index < -0.39 is 0 Å². The number of hydrogen-bond acceptors (Lipinski definition) is 5. The number of carbonyl (C=O) groups excluding carboxylic acids is 2. The Morgan fingerprint density at radius 1 is 1.43 bits per heavy atom. The fourth-order valence-corrected chi connectivity index (χ4v) is 3.09. The molecule has 0 spiro atoms. The first-order chi connectivity index (χ1) is 13.5. The van der Waals surface area contributed by atoms with E-state index in [9.17, 15) is 9.59 Å². The van der Waals surface area contributed by atoms with Crippen LogP contribution >= 0.6 is 11.6 Å². The molecule has 2 rings (SSSR count). The van der Waals surface area contributed by atoms with Gasteiger partial charge in [-0.1, -0.05) is 25.4 Å². The summed E-state index contributed by atoms with van der Waals surface area (Å²) < 4.78 is 0. The number of rotatable bonds is 7. The first-order valence-corrected chi connectivity index (χ1v) is 9.97. The number of amides is 2. The Morgan fingerprint density at radius 2 is 2.18 bits per heavy atom. The van der Waals surface area contributed by atoms with Gasteiger partial charge in [-0.05, 0) is 45.4 Å². The van der Waals surface area contributed by atoms with Crippen molar-refractivity contribution in [2.75, 3.05) is 18.4 Å². The van der Waals surface area contributed by atoms with Gasteiger partial charge in [0.2, 0.25) is 12.3 Å². The van der Waals surface area contributed by atoms with Crippen molar-refractivity contribution in [2.24, 2.45) is 10.9 Å². The maximum absolute atomic E-state index is 12.5. The van der Waals surface area contributed by atoms with E-state index in [2.05, 4.69) is 25.5 Å². The van der Waals surface area contributed by atoms with E-state index in [1.165, 1.54) is 6.20 Å². The molecule has 2 N–H and O–H groups in total. The molecule has 0 saturated carbocycles. The second-order valence-electron chi connectivity index (χ2n) is 6.10. The van der Waals surface area contributed by atoms with Gasteiger partial charge in [-0.2, -0.15) is 0 Å². The summed E-state index contributed by atoms with van der Waals surface area (Å²) in [7, 11) is 0. The monoisotopic (exact) mass is 407 g/mol. The van der Waals surface area contributed by atoms with E-state index in [0.717, 1.165) is 25.1 Å². The fourth-order valence-electron chi connectivity index (χ4n) is 2.97. The van der Waals surface area contributed by atoms with Crippen LogP contribution in [0.5, 0.6) is 0 Å². The van der Waals surface area contributed by atoms with Crippen LogP contribution in [0, 0.1) is 5.92 Å². The van der Waals surface area contributed by atoms with Gasteiger partial charge in [0.15, 0.2) is 0 Å². The standard InChI is InChI=1S/C18H24ClN5O2.C2H6/c1-3-21-16(10-20-12-25)14-5-4-8-24(11-14)13(2)18(26)23-17-7-6-15(19)9-22-17;1-2/h3,6-7,9-10,12-14H,4-5,8,11H2,1-2H3,(H,20,25)(H,22,23,26);1-2H3/b16-10-,21-3?;. The number of halogens is 1. The van der Waals surface area contributed by atoms with E-state index in [0.29, 0.717) is 23.8 Å². The SMILES string of the molecule is CC.CC=N/C(=C\NC=O)C1CCCN(C(C)C(=O)Nc2ccc(Cl)cn2)C1. The third-order valence-corrected chi connectivity index (χ3v) is 4.58. The van der Waals surface area contributed by atoms with Crippen molar-refractivity contribution in [1.82, 2.24) is 15.2 Å². The smallest absolute Gasteiger partial charge is 0.242 e. The number of pyridine rings is 1. The van der Waals surface area contributed by atoms with Crippen LogP contribution in [0.1, 0.15) is 40.5 Å². The fraction of sp³-hybridized carbons (Fsp3) is 0.500. The molecule has 0 radical (unpaired) electrons. The van der Waals surface area contributed by atoms with Gasteiger partial charge < -0.3 is 10.6 Å². The Hall–Kier alpha value is -2.25. The summed E-state index contributed by atoms with van der Waals surface area (Å²) in [5.41, 5.74) is 0.816. The van der Waals surface area contributed by atoms with Crippen molar-refractivity contribution in [2.45, 2.75) is 46.6 Å². The molecule has 1 aromatic heterocycles. The van der Waals surface area contributed by atoms with Crippen LogP contribution in [0.25, 0.3) is 0 Å². The van der Waals surface area contributed by atoms with Crippen LogP contribution in [-0.2, 0) is 9.59 Å². The molecule has 0 aliphatic carbocycles. The van der Waals surface area contributed by atoms with Gasteiger partial charge in [-0.3, -0.25) is 19.5 Å². The predicted molar refractivity (Wildman–Crippen MR) is 114 cm³/mol. The number of aromatic nitrogens is 1. The van der Waals surface area contributed by atoms with Gasteiger partial charge in [0.1, 0.15) is 5.82 Å². The van der Waals surface area contributed by atoms with E-state index in [-0.39, 0.29) is 17.9 Å². The molecule has 7 nitrogen and oxygen atoms in total. The maximum atomic E-state index is 12.5. The molecule has 1 aliphatic rings. The molecular weight excluding hydrogens is 378 g/mol. The molecule has 0 aromatic carbocycles. The molecular formula is C20H30ClN5O2. The average Bonchev–Trinajstić information content (AvgIpc) is 2.73. The number of likely N-dealkylation sites (tertiary alicyclic amines) is 1. The summed E-state index contributed by atoms with van der Waals surface area (Å²) >= 11 is 5.81. The second kappa shape index (κ2) is 13.0. The lowest BCUT2D eigenvalue weighted by Crippen LogP contribution is -2.47. The summed E-state index contributed by atoms with van der Waals surface area (Å²) in [5, 5.41) is 5.90. The lowest BCUT2D eigenvalue weighted by molar-refractivity contribution is -0.121. The molecule has 2 unspecified atom stereocenters. The Bertz CT molecular complexity index is 676. The molecule has 154 valence electrons. The van der Waals surface area contributed by atoms with Crippen molar-refractivity contribution < 1.29 is 9.59 Å². The zero-order valence-electron chi connectivity index (χ0n) is 17.0. The zero-order valence-corrected chi connectivity index (χ0v) is 17.7. The van der Waals surface area contributed by atoms with Crippen LogP contribution in [0.3, 0.4) is 0 Å². The highest BCUT2D eigenvalue weighted by molar-refractivity contribution is 6.30. The summed E-state index contributed by atoms with van der Waals surface area (Å²) in [5.74, 6) is 0.526. The molecule has 1 aliphatic heterocycles. The van der Waals surface area contributed by atoms with Gasteiger partial charge >= 0.3 is 0 Å². The lowest BCUT2D eigenvalue weighted by atomic mass is 9.94. The quantitative estimate of drug-likeness (QED) is 0.535. The summed E-state index contributed by atoms with van der Waals surface area (Å²) in [6.07, 6.45) is 7.38. The average molecular weight is 408 g/mol. The maximum Gasteiger partial charge on any atom is 0.242 e. The van der Waals surface area contributed by atoms with Gasteiger partial charge in [-0.15, -0.1) is 0 Å². The van der Waals surface area contributed by atoms with Crippen LogP contribution in [0.15, 0.2) is 35.2 Å². The summed E-state index contributed by atoms with van der Waals surface area (Å²) in [6.45, 7) is 9.25. The van der Waals surface area contributed by atoms with Crippen LogP contribution < -0.4 is 10.6 Å². The number of aliphatic imine (C=N–C) groups is 1. The lowest BCUT2D eigenvalue weighted by Gasteiger charge is -2.36. The molecule has 2 heterocycles. The minimum absolute atomic E-state index is 0.115. The van der Waals surface area contributed by atoms with Gasteiger partial charge in [0.05, 0.1) is 16.8 Å². The third-order valence-electron chi connectivity index (χ3n) is 4.35. The van der Waals surface area contributed by atoms with Crippen molar-refractivity contribution in [1.29, 1.82) is 0 Å². The highest BCUT2D eigenvalue weighted by Gasteiger charge is 2.29. The van der Waals surface area contributed by atoms with E-state index >= 15 is 0 Å². The first-order valence-electron chi connectivity index (χ1n) is 9.60. The Morgan fingerprint density at radius 3 is 2.79 bits per heavy atom. The Labute approximate surface area is 172 Å². The van der Waals surface area contributed by atoms with Gasteiger partial charge in [-0.25, -0.2) is 4.98 Å². The number of hydrogen-bond donors (Lipinski definition) is 2. The first kappa shape index (κ1) is 23.8. The predicted octanol–water partition coefficient (Wildman–Crippen LogP) is 3.48. The minimum Gasteiger partial charge on any atom is -0.333 e. The third kappa shape index (κ3) is 7.40. The van der Waals surface area contributed by atoms with E-state index in [1.54, 1.807) is 24.5 Å². The van der Waals surface area contributed by atoms with Crippen molar-refractivity contribution >= 4 is 36.0 Å². The minimum atomic E-state index is -0.304. The number of carbonyl (C=O) groups is 2. The number of nitrogens with zero attached hydrogens (tertiary/aromatic N) is 3. The molecule has 28 heavy (non-hydrogen) atoms. The second-order valence-corrected chi connectivity index (χ2v) is 6.54. The number of nitrogens with one attached hydrogen (secondary N) is 2. The van der Waals surface area contributed by atoms with Crippen molar-refractivity contribution in [3.63, 3.8) is 0 Å². The van der Waals surface area contributed by atoms with Crippen LogP contribution in [-0.4, -0.2) is 47.5 Å². The highest BCUT2D eigenvalue weighted by atomic mass is 35.5. The van der Waals surface area contributed by atoms with E-state index in [4.69, 9.17) is 11.6 Å². The zero-order chi connectivity index (χ0) is 20.9. The summed E-state index contributed by atoms with van der Waals surface area (Å²) in [4.78, 5) is 33.7.